The normalized spacial score (nSPS) is 11.9. The van der Waals surface area contributed by atoms with Gasteiger partial charge in [-0.15, -0.1) is 10.2 Å². The van der Waals surface area contributed by atoms with Crippen LogP contribution in [0.15, 0.2) is 82.4 Å². The molecular formula is C24H20BrFN4O3S. The topological polar surface area (TPSA) is 83.1 Å². The Morgan fingerprint density at radius 1 is 1.12 bits per heavy atom. The Morgan fingerprint density at radius 3 is 2.56 bits per heavy atom. The summed E-state index contributed by atoms with van der Waals surface area (Å²) in [6.07, 6.45) is 0. The van der Waals surface area contributed by atoms with Crippen LogP contribution in [0.25, 0.3) is 5.69 Å². The van der Waals surface area contributed by atoms with Crippen molar-refractivity contribution < 1.29 is 14.1 Å². The minimum Gasteiger partial charge on any atom is -0.489 e. The van der Waals surface area contributed by atoms with E-state index in [1.165, 1.54) is 23.9 Å². The van der Waals surface area contributed by atoms with Gasteiger partial charge < -0.3 is 4.74 Å². The molecule has 7 nitrogen and oxygen atoms in total. The molecule has 0 unspecified atom stereocenters. The Bertz CT molecular complexity index is 1290. The molecule has 10 heteroatoms. The number of halogens is 2. The van der Waals surface area contributed by atoms with E-state index in [4.69, 9.17) is 4.74 Å². The van der Waals surface area contributed by atoms with Crippen LogP contribution in [0.1, 0.15) is 22.2 Å². The Balaban J connectivity index is 1.67. The number of nitrogens with zero attached hydrogens (tertiary/aromatic N) is 4. The number of nitro groups is 1. The molecule has 3 aromatic carbocycles. The summed E-state index contributed by atoms with van der Waals surface area (Å²) in [5, 5.41) is 20.0. The molecule has 4 rings (SSSR count). The van der Waals surface area contributed by atoms with Gasteiger partial charge in [0.15, 0.2) is 5.16 Å². The predicted octanol–water partition coefficient (Wildman–Crippen LogP) is 6.17. The van der Waals surface area contributed by atoms with Crippen LogP contribution in [-0.4, -0.2) is 26.2 Å². The first kappa shape index (κ1) is 23.9. The number of ether oxygens (including phenoxy) is 1. The van der Waals surface area contributed by atoms with Gasteiger partial charge in [0.2, 0.25) is 6.54 Å². The fourth-order valence-corrected chi connectivity index (χ4v) is 4.97. The number of aryl methyl sites for hydroxylation is 1. The van der Waals surface area contributed by atoms with Gasteiger partial charge in [0.1, 0.15) is 29.2 Å². The van der Waals surface area contributed by atoms with E-state index in [-0.39, 0.29) is 23.9 Å². The average molecular weight is 543 g/mol. The van der Waals surface area contributed by atoms with Crippen LogP contribution >= 0.6 is 27.7 Å². The smallest absolute Gasteiger partial charge is 0.220 e. The first-order valence-electron chi connectivity index (χ1n) is 10.3. The number of rotatable bonds is 9. The van der Waals surface area contributed by atoms with Crippen molar-refractivity contribution in [3.63, 3.8) is 0 Å². The van der Waals surface area contributed by atoms with Gasteiger partial charge in [-0.2, -0.15) is 0 Å². The lowest BCUT2D eigenvalue weighted by Crippen LogP contribution is -2.12. The Labute approximate surface area is 208 Å². The molecule has 1 atom stereocenters. The SMILES string of the molecule is Cc1nnc(S[C@H](C[N+](=O)[O-])c2cc(Br)ccc2OCc2ccc(F)cc2)n1-c1ccccc1. The zero-order chi connectivity index (χ0) is 24.1. The van der Waals surface area contributed by atoms with Crippen molar-refractivity contribution in [1.29, 1.82) is 0 Å². The largest absolute Gasteiger partial charge is 0.489 e. The predicted molar refractivity (Wildman–Crippen MR) is 131 cm³/mol. The molecule has 1 aromatic heterocycles. The van der Waals surface area contributed by atoms with Gasteiger partial charge in [0.05, 0.1) is 0 Å². The second-order valence-corrected chi connectivity index (χ2v) is 9.51. The summed E-state index contributed by atoms with van der Waals surface area (Å²) in [6, 6.07) is 21.0. The number of benzene rings is 3. The first-order valence-corrected chi connectivity index (χ1v) is 12.0. The molecule has 174 valence electrons. The van der Waals surface area contributed by atoms with Crippen molar-refractivity contribution in [2.24, 2.45) is 0 Å². The summed E-state index contributed by atoms with van der Waals surface area (Å²) >= 11 is 4.72. The molecule has 0 aliphatic heterocycles. The van der Waals surface area contributed by atoms with Gasteiger partial charge in [-0.25, -0.2) is 4.39 Å². The van der Waals surface area contributed by atoms with Gasteiger partial charge >= 0.3 is 0 Å². The summed E-state index contributed by atoms with van der Waals surface area (Å²) in [7, 11) is 0. The van der Waals surface area contributed by atoms with Gasteiger partial charge in [-0.1, -0.05) is 58.0 Å². The monoisotopic (exact) mass is 542 g/mol. The summed E-state index contributed by atoms with van der Waals surface area (Å²) < 4.78 is 21.9. The van der Waals surface area contributed by atoms with Crippen LogP contribution in [0.2, 0.25) is 0 Å². The molecule has 34 heavy (non-hydrogen) atoms. The van der Waals surface area contributed by atoms with Crippen LogP contribution in [0.4, 0.5) is 4.39 Å². The van der Waals surface area contributed by atoms with E-state index >= 15 is 0 Å². The number of thioether (sulfide) groups is 1. The highest BCUT2D eigenvalue weighted by Crippen LogP contribution is 2.41. The zero-order valence-electron chi connectivity index (χ0n) is 18.1. The van der Waals surface area contributed by atoms with Crippen molar-refractivity contribution in [2.45, 2.75) is 23.9 Å². The molecule has 4 aromatic rings. The van der Waals surface area contributed by atoms with Crippen LogP contribution in [-0.2, 0) is 6.61 Å². The molecule has 0 fully saturated rings. The number of hydrogen-bond acceptors (Lipinski definition) is 6. The lowest BCUT2D eigenvalue weighted by Gasteiger charge is -2.18. The van der Waals surface area contributed by atoms with E-state index in [0.717, 1.165) is 15.7 Å². The fraction of sp³-hybridized carbons (Fsp3) is 0.167. The lowest BCUT2D eigenvalue weighted by molar-refractivity contribution is -0.479. The van der Waals surface area contributed by atoms with E-state index in [9.17, 15) is 14.5 Å². The van der Waals surface area contributed by atoms with Gasteiger partial charge in [-0.05, 0) is 55.0 Å². The lowest BCUT2D eigenvalue weighted by atomic mass is 10.1. The second-order valence-electron chi connectivity index (χ2n) is 7.42. The third-order valence-electron chi connectivity index (χ3n) is 5.00. The highest BCUT2D eigenvalue weighted by atomic mass is 79.9. The molecule has 0 radical (unpaired) electrons. The number of aromatic nitrogens is 3. The number of hydrogen-bond donors (Lipinski definition) is 0. The highest BCUT2D eigenvalue weighted by Gasteiger charge is 2.27. The summed E-state index contributed by atoms with van der Waals surface area (Å²) in [6.45, 7) is 1.70. The van der Waals surface area contributed by atoms with Crippen molar-refractivity contribution in [3.8, 4) is 11.4 Å². The van der Waals surface area contributed by atoms with Crippen molar-refractivity contribution in [3.05, 3.63) is 110 Å². The Morgan fingerprint density at radius 2 is 1.85 bits per heavy atom. The molecule has 0 saturated carbocycles. The van der Waals surface area contributed by atoms with E-state index in [0.29, 0.717) is 22.3 Å². The molecule has 0 saturated heterocycles. The Hall–Kier alpha value is -3.24. The molecular weight excluding hydrogens is 523 g/mol. The van der Waals surface area contributed by atoms with Crippen LogP contribution < -0.4 is 4.74 Å². The average Bonchev–Trinajstić information content (AvgIpc) is 3.19. The Kier molecular flexibility index (Phi) is 7.59. The maximum atomic E-state index is 13.2. The van der Waals surface area contributed by atoms with Crippen LogP contribution in [0.5, 0.6) is 5.75 Å². The molecule has 0 bridgehead atoms. The van der Waals surface area contributed by atoms with Crippen molar-refractivity contribution in [1.82, 2.24) is 14.8 Å². The molecule has 0 aliphatic rings. The molecule has 0 amide bonds. The standard InChI is InChI=1S/C24H20BrFN4O3S/c1-16-27-28-24(30(16)20-5-3-2-4-6-20)34-23(14-29(31)32)21-13-18(25)9-12-22(21)33-15-17-7-10-19(26)11-8-17/h2-13,23H,14-15H2,1H3/t23-/m1/s1. The maximum absolute atomic E-state index is 13.2. The molecule has 0 N–H and O–H groups in total. The van der Waals surface area contributed by atoms with Crippen molar-refractivity contribution >= 4 is 27.7 Å². The summed E-state index contributed by atoms with van der Waals surface area (Å²) in [4.78, 5) is 11.3. The minimum absolute atomic E-state index is 0.198. The zero-order valence-corrected chi connectivity index (χ0v) is 20.5. The molecule has 0 spiro atoms. The van der Waals surface area contributed by atoms with E-state index in [2.05, 4.69) is 26.1 Å². The van der Waals surface area contributed by atoms with Gasteiger partial charge in [0, 0.05) is 20.6 Å². The van der Waals surface area contributed by atoms with E-state index in [1.807, 2.05) is 54.0 Å². The van der Waals surface area contributed by atoms with Gasteiger partial charge in [0.25, 0.3) is 0 Å². The number of para-hydroxylation sites is 1. The van der Waals surface area contributed by atoms with E-state index < -0.39 is 5.25 Å². The minimum atomic E-state index is -0.596. The summed E-state index contributed by atoms with van der Waals surface area (Å²) in [5.74, 6) is 0.860. The fourth-order valence-electron chi connectivity index (χ4n) is 3.40. The van der Waals surface area contributed by atoms with E-state index in [1.54, 1.807) is 18.2 Å². The van der Waals surface area contributed by atoms with Crippen molar-refractivity contribution in [2.75, 3.05) is 6.54 Å². The third kappa shape index (κ3) is 5.81. The van der Waals surface area contributed by atoms with Gasteiger partial charge in [-0.3, -0.25) is 14.7 Å². The molecule has 0 aliphatic carbocycles. The summed E-state index contributed by atoms with van der Waals surface area (Å²) in [5.41, 5.74) is 2.31. The second kappa shape index (κ2) is 10.8. The molecule has 1 heterocycles. The third-order valence-corrected chi connectivity index (χ3v) is 6.65. The quantitative estimate of drug-likeness (QED) is 0.143. The highest BCUT2D eigenvalue weighted by molar-refractivity contribution is 9.10. The first-order chi connectivity index (χ1) is 16.4. The van der Waals surface area contributed by atoms with Crippen LogP contribution in [0, 0.1) is 22.9 Å². The van der Waals surface area contributed by atoms with Crippen LogP contribution in [0.3, 0.4) is 0 Å². The maximum Gasteiger partial charge on any atom is 0.220 e.